The maximum absolute atomic E-state index is 12.9. The molecule has 31 heavy (non-hydrogen) atoms. The highest BCUT2D eigenvalue weighted by Crippen LogP contribution is 2.34. The highest BCUT2D eigenvalue weighted by molar-refractivity contribution is 7.92. The van der Waals surface area contributed by atoms with Crippen LogP contribution in [0.5, 0.6) is 0 Å². The Morgan fingerprint density at radius 2 is 1.90 bits per heavy atom. The number of para-hydroxylation sites is 1. The largest absolute Gasteiger partial charge is 0.379 e. The summed E-state index contributed by atoms with van der Waals surface area (Å²) in [4.78, 5) is 19.6. The molecule has 2 aliphatic heterocycles. The van der Waals surface area contributed by atoms with Crippen LogP contribution < -0.4 is 10.0 Å². The van der Waals surface area contributed by atoms with E-state index >= 15 is 0 Å². The standard InChI is InChI=1S/C20H26N6O4S/c27-18(21-14-20(8-4-1-5-9-20)25-10-12-30-13-11-25)17-22-19-24-31(28,29)16-7-3-2-6-15(16)26(19)23-17/h2-3,6-7H,1,4-5,8-14H2,(H,21,27)(H,22,23,24). The van der Waals surface area contributed by atoms with Gasteiger partial charge in [-0.15, -0.1) is 5.10 Å². The summed E-state index contributed by atoms with van der Waals surface area (Å²) in [5, 5.41) is 7.31. The molecule has 0 radical (unpaired) electrons. The van der Waals surface area contributed by atoms with Crippen molar-refractivity contribution in [1.82, 2.24) is 25.0 Å². The monoisotopic (exact) mass is 446 g/mol. The average Bonchev–Trinajstić information content (AvgIpc) is 3.22. The Balaban J connectivity index is 1.37. The molecule has 0 spiro atoms. The molecule has 2 aromatic rings. The quantitative estimate of drug-likeness (QED) is 0.723. The van der Waals surface area contributed by atoms with Crippen LogP contribution in [0, 0.1) is 0 Å². The number of carbonyl (C=O) groups excluding carboxylic acids is 1. The maximum atomic E-state index is 12.9. The molecule has 0 bridgehead atoms. The number of amides is 1. The molecular formula is C20H26N6O4S. The van der Waals surface area contributed by atoms with E-state index in [-0.39, 0.29) is 22.2 Å². The van der Waals surface area contributed by atoms with Gasteiger partial charge in [0.05, 0.1) is 18.9 Å². The van der Waals surface area contributed by atoms with Crippen LogP contribution in [0.4, 0.5) is 5.95 Å². The predicted octanol–water partition coefficient (Wildman–Crippen LogP) is 1.15. The molecule has 1 amide bonds. The van der Waals surface area contributed by atoms with Gasteiger partial charge in [0.25, 0.3) is 15.9 Å². The normalized spacial score (nSPS) is 22.1. The van der Waals surface area contributed by atoms with Gasteiger partial charge in [0.1, 0.15) is 4.90 Å². The second kappa shape index (κ2) is 7.88. The lowest BCUT2D eigenvalue weighted by Gasteiger charge is -2.48. The number of benzene rings is 1. The van der Waals surface area contributed by atoms with Crippen molar-refractivity contribution in [1.29, 1.82) is 0 Å². The second-order valence-corrected chi connectivity index (χ2v) is 9.96. The number of rotatable bonds is 4. The highest BCUT2D eigenvalue weighted by atomic mass is 32.2. The molecule has 1 aliphatic carbocycles. The first-order valence-electron chi connectivity index (χ1n) is 10.7. The zero-order valence-electron chi connectivity index (χ0n) is 17.2. The molecule has 5 rings (SSSR count). The lowest BCUT2D eigenvalue weighted by Crippen LogP contribution is -2.59. The molecule has 166 valence electrons. The number of anilines is 1. The van der Waals surface area contributed by atoms with E-state index < -0.39 is 15.9 Å². The third kappa shape index (κ3) is 3.70. The van der Waals surface area contributed by atoms with E-state index in [0.717, 1.165) is 38.8 Å². The molecule has 1 aromatic carbocycles. The number of nitrogens with zero attached hydrogens (tertiary/aromatic N) is 4. The molecule has 1 saturated heterocycles. The third-order valence-electron chi connectivity index (χ3n) is 6.46. The third-order valence-corrected chi connectivity index (χ3v) is 7.84. The van der Waals surface area contributed by atoms with Crippen LogP contribution in [-0.2, 0) is 14.8 Å². The first-order valence-corrected chi connectivity index (χ1v) is 12.2. The number of fused-ring (bicyclic) bond motifs is 3. The van der Waals surface area contributed by atoms with Crippen molar-refractivity contribution in [2.45, 2.75) is 42.5 Å². The average molecular weight is 447 g/mol. The molecule has 1 aromatic heterocycles. The van der Waals surface area contributed by atoms with E-state index in [1.165, 1.54) is 17.2 Å². The molecule has 2 fully saturated rings. The van der Waals surface area contributed by atoms with E-state index in [2.05, 4.69) is 25.0 Å². The van der Waals surface area contributed by atoms with Crippen molar-refractivity contribution in [3.05, 3.63) is 30.1 Å². The minimum atomic E-state index is -3.75. The molecule has 2 N–H and O–H groups in total. The number of aromatic nitrogens is 3. The minimum Gasteiger partial charge on any atom is -0.379 e. The zero-order chi connectivity index (χ0) is 21.5. The first-order chi connectivity index (χ1) is 15.0. The Bertz CT molecular complexity index is 1090. The Kier molecular flexibility index (Phi) is 5.19. The Labute approximate surface area is 181 Å². The fourth-order valence-corrected chi connectivity index (χ4v) is 6.02. The zero-order valence-corrected chi connectivity index (χ0v) is 18.0. The molecule has 0 atom stereocenters. The van der Waals surface area contributed by atoms with Crippen LogP contribution in [0.25, 0.3) is 5.69 Å². The molecule has 11 heteroatoms. The van der Waals surface area contributed by atoms with E-state index in [4.69, 9.17) is 4.74 Å². The van der Waals surface area contributed by atoms with E-state index in [0.29, 0.717) is 25.4 Å². The number of morpholine rings is 1. The Morgan fingerprint density at radius 3 is 2.68 bits per heavy atom. The van der Waals surface area contributed by atoms with Crippen molar-refractivity contribution < 1.29 is 17.9 Å². The van der Waals surface area contributed by atoms with Crippen LogP contribution in [0.3, 0.4) is 0 Å². The number of hydrogen-bond donors (Lipinski definition) is 2. The number of nitrogens with one attached hydrogen (secondary N) is 2. The minimum absolute atomic E-state index is 0.0180. The van der Waals surface area contributed by atoms with Gasteiger partial charge in [-0.05, 0) is 25.0 Å². The summed E-state index contributed by atoms with van der Waals surface area (Å²) in [6, 6.07) is 6.50. The maximum Gasteiger partial charge on any atom is 0.291 e. The van der Waals surface area contributed by atoms with Crippen molar-refractivity contribution in [2.75, 3.05) is 37.6 Å². The van der Waals surface area contributed by atoms with Gasteiger partial charge in [-0.2, -0.15) is 9.67 Å². The van der Waals surface area contributed by atoms with Gasteiger partial charge in [0.2, 0.25) is 11.8 Å². The topological polar surface area (TPSA) is 118 Å². The number of carbonyl (C=O) groups is 1. The number of ether oxygens (including phenoxy) is 1. The van der Waals surface area contributed by atoms with Crippen molar-refractivity contribution in [2.24, 2.45) is 0 Å². The molecule has 3 aliphatic rings. The number of sulfonamides is 1. The van der Waals surface area contributed by atoms with Crippen molar-refractivity contribution in [3.8, 4) is 5.69 Å². The first kappa shape index (κ1) is 20.4. The van der Waals surface area contributed by atoms with Crippen LogP contribution in [0.15, 0.2) is 29.2 Å². The lowest BCUT2D eigenvalue weighted by molar-refractivity contribution is -0.0361. The second-order valence-electron chi connectivity index (χ2n) is 8.31. The fourth-order valence-electron chi connectivity index (χ4n) is 4.85. The molecular weight excluding hydrogens is 420 g/mol. The summed E-state index contributed by atoms with van der Waals surface area (Å²) in [5.41, 5.74) is 0.297. The summed E-state index contributed by atoms with van der Waals surface area (Å²) in [5.74, 6) is -0.441. The van der Waals surface area contributed by atoms with Gasteiger partial charge in [-0.1, -0.05) is 31.4 Å². The van der Waals surface area contributed by atoms with Gasteiger partial charge in [-0.3, -0.25) is 9.69 Å². The molecule has 3 heterocycles. The van der Waals surface area contributed by atoms with Crippen LogP contribution in [0.2, 0.25) is 0 Å². The van der Waals surface area contributed by atoms with Crippen LogP contribution in [0.1, 0.15) is 42.7 Å². The van der Waals surface area contributed by atoms with Gasteiger partial charge in [0.15, 0.2) is 0 Å². The summed E-state index contributed by atoms with van der Waals surface area (Å²) < 4.78 is 34.2. The lowest BCUT2D eigenvalue weighted by atomic mass is 9.79. The van der Waals surface area contributed by atoms with Crippen LogP contribution in [-0.4, -0.2) is 72.4 Å². The fraction of sp³-hybridized carbons (Fsp3) is 0.550. The van der Waals surface area contributed by atoms with Crippen LogP contribution >= 0.6 is 0 Å². The highest BCUT2D eigenvalue weighted by Gasteiger charge is 2.39. The van der Waals surface area contributed by atoms with Crippen molar-refractivity contribution in [3.63, 3.8) is 0 Å². The van der Waals surface area contributed by atoms with Gasteiger partial charge < -0.3 is 10.1 Å². The summed E-state index contributed by atoms with van der Waals surface area (Å²) in [7, 11) is -3.75. The molecule has 10 nitrogen and oxygen atoms in total. The van der Waals surface area contributed by atoms with Gasteiger partial charge in [-0.25, -0.2) is 13.1 Å². The van der Waals surface area contributed by atoms with Crippen molar-refractivity contribution >= 4 is 21.9 Å². The Hall–Kier alpha value is -2.50. The summed E-state index contributed by atoms with van der Waals surface area (Å²) in [6.07, 6.45) is 5.57. The summed E-state index contributed by atoms with van der Waals surface area (Å²) >= 11 is 0. The predicted molar refractivity (Wildman–Crippen MR) is 113 cm³/mol. The van der Waals surface area contributed by atoms with E-state index in [1.807, 2.05) is 0 Å². The Morgan fingerprint density at radius 1 is 1.16 bits per heavy atom. The molecule has 1 saturated carbocycles. The molecule has 0 unspecified atom stereocenters. The number of hydrogen-bond acceptors (Lipinski definition) is 7. The smallest absolute Gasteiger partial charge is 0.291 e. The SMILES string of the molecule is O=C(NCC1(N2CCOCC2)CCCCC1)c1nc2n(n1)-c1ccccc1S(=O)(=O)N2. The van der Waals surface area contributed by atoms with E-state index in [1.54, 1.807) is 18.2 Å². The summed E-state index contributed by atoms with van der Waals surface area (Å²) in [6.45, 7) is 3.67. The van der Waals surface area contributed by atoms with E-state index in [9.17, 15) is 13.2 Å². The van der Waals surface area contributed by atoms with Gasteiger partial charge in [0, 0.05) is 25.2 Å². The van der Waals surface area contributed by atoms with Gasteiger partial charge >= 0.3 is 0 Å².